The number of esters is 1. The van der Waals surface area contributed by atoms with Gasteiger partial charge < -0.3 is 19.9 Å². The zero-order valence-corrected chi connectivity index (χ0v) is 30.6. The maximum atomic E-state index is 14.0. The Morgan fingerprint density at radius 1 is 0.846 bits per heavy atom. The molecule has 6 rings (SSSR count). The summed E-state index contributed by atoms with van der Waals surface area (Å²) in [6.07, 6.45) is 7.38. The number of carbonyl (C=O) groups excluding carboxylic acids is 2. The fourth-order valence-corrected chi connectivity index (χ4v) is 8.10. The van der Waals surface area contributed by atoms with Crippen LogP contribution in [0.1, 0.15) is 118 Å². The average molecular weight is 702 g/mol. The molecule has 7 heteroatoms. The number of benzene rings is 4. The van der Waals surface area contributed by atoms with Crippen LogP contribution in [-0.4, -0.2) is 23.0 Å². The van der Waals surface area contributed by atoms with Crippen molar-refractivity contribution in [2.75, 3.05) is 5.32 Å². The minimum atomic E-state index is -1.20. The number of aliphatic carboxylic acids is 1. The molecule has 1 aliphatic heterocycles. The smallest absolute Gasteiger partial charge is 0.317 e. The fraction of sp³-hybridized carbons (Fsp3) is 0.400. The first-order valence-corrected chi connectivity index (χ1v) is 18.8. The van der Waals surface area contributed by atoms with E-state index in [0.29, 0.717) is 12.3 Å². The minimum absolute atomic E-state index is 0.00256. The quantitative estimate of drug-likeness (QED) is 0.106. The summed E-state index contributed by atoms with van der Waals surface area (Å²) in [5, 5.41) is 12.6. The lowest BCUT2D eigenvalue weighted by atomic mass is 9.77. The van der Waals surface area contributed by atoms with Crippen molar-refractivity contribution >= 4 is 23.5 Å². The van der Waals surface area contributed by atoms with Crippen LogP contribution in [0.5, 0.6) is 11.5 Å². The molecule has 2 N–H and O–H groups in total. The van der Waals surface area contributed by atoms with E-state index < -0.39 is 24.5 Å². The predicted octanol–water partition coefficient (Wildman–Crippen LogP) is 10.5. The molecular formula is C45H51NO6. The summed E-state index contributed by atoms with van der Waals surface area (Å²) in [6.45, 7) is 6.45. The van der Waals surface area contributed by atoms with E-state index in [1.807, 2.05) is 78.9 Å². The van der Waals surface area contributed by atoms with Crippen LogP contribution in [0.2, 0.25) is 0 Å². The van der Waals surface area contributed by atoms with Crippen LogP contribution in [0.25, 0.3) is 0 Å². The second-order valence-corrected chi connectivity index (χ2v) is 15.5. The number of ether oxygens (including phenoxy) is 2. The van der Waals surface area contributed by atoms with Crippen molar-refractivity contribution in [1.82, 2.24) is 0 Å². The van der Waals surface area contributed by atoms with Gasteiger partial charge in [-0.2, -0.15) is 0 Å². The third kappa shape index (κ3) is 9.30. The van der Waals surface area contributed by atoms with Gasteiger partial charge in [0.05, 0.1) is 0 Å². The summed E-state index contributed by atoms with van der Waals surface area (Å²) in [6, 6.07) is 32.0. The van der Waals surface area contributed by atoms with Crippen LogP contribution in [0.15, 0.2) is 97.1 Å². The Bertz CT molecular complexity index is 1810. The van der Waals surface area contributed by atoms with Gasteiger partial charge in [0.25, 0.3) is 0 Å². The first-order valence-electron chi connectivity index (χ1n) is 18.8. The Labute approximate surface area is 307 Å². The standard InChI is InChI=1S/C45H51NO6/c1-45(2,3)37-25-23-31(27-38(37)46-41(47)28-36-34-18-10-12-20-39(34)51-40-21-13-11-19-35(36)40)22-24-33(26-30-14-6-4-7-15-30)44(32-16-8-5-9-17-32)52-43(50)29-42(48)49/h5,8-13,16-21,23,25,27,30,33,36,44H,4,6-7,14-15,22,24,26,28-29H2,1-3H3,(H,46,47)(H,48,49). The number of hydrogen-bond acceptors (Lipinski definition) is 5. The van der Waals surface area contributed by atoms with Crippen LogP contribution in [0.3, 0.4) is 0 Å². The van der Waals surface area contributed by atoms with Gasteiger partial charge in [0.1, 0.15) is 24.0 Å². The van der Waals surface area contributed by atoms with E-state index in [2.05, 4.69) is 44.3 Å². The SMILES string of the molecule is CC(C)(C)c1ccc(CCC(CC2CCCCC2)C(OC(=O)CC(=O)O)c2ccccc2)cc1NC(=O)CC1c2ccccc2Oc2ccccc21. The number of hydrogen-bond donors (Lipinski definition) is 2. The van der Waals surface area contributed by atoms with Crippen molar-refractivity contribution in [1.29, 1.82) is 0 Å². The monoisotopic (exact) mass is 701 g/mol. The minimum Gasteiger partial charge on any atom is -0.481 e. The molecular weight excluding hydrogens is 650 g/mol. The molecule has 1 heterocycles. The number of nitrogens with one attached hydrogen (secondary N) is 1. The van der Waals surface area contributed by atoms with Crippen LogP contribution in [-0.2, 0) is 31.0 Å². The molecule has 4 aromatic rings. The zero-order chi connectivity index (χ0) is 36.7. The van der Waals surface area contributed by atoms with Gasteiger partial charge >= 0.3 is 11.9 Å². The second-order valence-electron chi connectivity index (χ2n) is 15.5. The van der Waals surface area contributed by atoms with Crippen LogP contribution >= 0.6 is 0 Å². The van der Waals surface area contributed by atoms with E-state index in [-0.39, 0.29) is 29.6 Å². The van der Waals surface area contributed by atoms with Gasteiger partial charge in [0, 0.05) is 35.1 Å². The number of amides is 1. The molecule has 52 heavy (non-hydrogen) atoms. The van der Waals surface area contributed by atoms with E-state index in [9.17, 15) is 19.5 Å². The Balaban J connectivity index is 1.25. The molecule has 0 aromatic heterocycles. The normalized spacial score (nSPS) is 15.8. The summed E-state index contributed by atoms with van der Waals surface area (Å²) in [4.78, 5) is 38.2. The fourth-order valence-electron chi connectivity index (χ4n) is 8.10. The summed E-state index contributed by atoms with van der Waals surface area (Å²) >= 11 is 0. The van der Waals surface area contributed by atoms with Crippen molar-refractivity contribution in [2.24, 2.45) is 11.8 Å². The number of para-hydroxylation sites is 2. The molecule has 2 aliphatic rings. The highest BCUT2D eigenvalue weighted by Crippen LogP contribution is 2.46. The van der Waals surface area contributed by atoms with Crippen molar-refractivity contribution in [3.63, 3.8) is 0 Å². The molecule has 7 nitrogen and oxygen atoms in total. The number of fused-ring (bicyclic) bond motifs is 2. The molecule has 0 radical (unpaired) electrons. The molecule has 4 aromatic carbocycles. The number of carbonyl (C=O) groups is 3. The Morgan fingerprint density at radius 2 is 1.48 bits per heavy atom. The maximum absolute atomic E-state index is 14.0. The van der Waals surface area contributed by atoms with Crippen molar-refractivity contribution in [3.05, 3.63) is 125 Å². The predicted molar refractivity (Wildman–Crippen MR) is 204 cm³/mol. The lowest BCUT2D eigenvalue weighted by molar-refractivity contribution is -0.158. The highest BCUT2D eigenvalue weighted by Gasteiger charge is 2.32. The molecule has 0 bridgehead atoms. The third-order valence-corrected chi connectivity index (χ3v) is 10.6. The highest BCUT2D eigenvalue weighted by atomic mass is 16.5. The Hall–Kier alpha value is -4.91. The number of anilines is 1. The first-order chi connectivity index (χ1) is 25.0. The van der Waals surface area contributed by atoms with Gasteiger partial charge in [-0.15, -0.1) is 0 Å². The molecule has 0 saturated heterocycles. The third-order valence-electron chi connectivity index (χ3n) is 10.6. The van der Waals surface area contributed by atoms with Gasteiger partial charge in [-0.25, -0.2) is 0 Å². The summed E-state index contributed by atoms with van der Waals surface area (Å²) < 4.78 is 12.2. The topological polar surface area (TPSA) is 102 Å². The van der Waals surface area contributed by atoms with Crippen molar-refractivity contribution < 1.29 is 29.0 Å². The van der Waals surface area contributed by atoms with Crippen molar-refractivity contribution in [2.45, 2.75) is 102 Å². The highest BCUT2D eigenvalue weighted by molar-refractivity contribution is 5.93. The van der Waals surface area contributed by atoms with Crippen molar-refractivity contribution in [3.8, 4) is 11.5 Å². The molecule has 1 amide bonds. The average Bonchev–Trinajstić information content (AvgIpc) is 3.12. The van der Waals surface area contributed by atoms with E-state index >= 15 is 0 Å². The Kier molecular flexibility index (Phi) is 11.8. The maximum Gasteiger partial charge on any atom is 0.317 e. The molecule has 1 aliphatic carbocycles. The lowest BCUT2D eigenvalue weighted by Gasteiger charge is -2.32. The lowest BCUT2D eigenvalue weighted by Crippen LogP contribution is -2.25. The second kappa shape index (κ2) is 16.6. The largest absolute Gasteiger partial charge is 0.481 e. The van der Waals surface area contributed by atoms with E-state index in [4.69, 9.17) is 9.47 Å². The summed E-state index contributed by atoms with van der Waals surface area (Å²) in [5.41, 5.74) is 5.63. The zero-order valence-electron chi connectivity index (χ0n) is 30.6. The van der Waals surface area contributed by atoms with Gasteiger partial charge in [-0.3, -0.25) is 14.4 Å². The van der Waals surface area contributed by atoms with Gasteiger partial charge in [-0.05, 0) is 65.5 Å². The first kappa shape index (κ1) is 36.9. The van der Waals surface area contributed by atoms with Gasteiger partial charge in [0.15, 0.2) is 0 Å². The number of carboxylic acid groups (broad SMARTS) is 1. The molecule has 2 unspecified atom stereocenters. The molecule has 2 atom stereocenters. The number of carboxylic acids is 1. The van der Waals surface area contributed by atoms with E-state index in [1.165, 1.54) is 19.3 Å². The van der Waals surface area contributed by atoms with E-state index in [0.717, 1.165) is 70.7 Å². The van der Waals surface area contributed by atoms with E-state index in [1.54, 1.807) is 0 Å². The Morgan fingerprint density at radius 3 is 2.12 bits per heavy atom. The molecule has 0 spiro atoms. The molecule has 272 valence electrons. The van der Waals surface area contributed by atoms with Gasteiger partial charge in [0.2, 0.25) is 5.91 Å². The van der Waals surface area contributed by atoms with Crippen LogP contribution < -0.4 is 10.1 Å². The summed E-state index contributed by atoms with van der Waals surface area (Å²) in [7, 11) is 0. The molecule has 1 fully saturated rings. The van der Waals surface area contributed by atoms with Gasteiger partial charge in [-0.1, -0.05) is 132 Å². The number of rotatable bonds is 13. The summed E-state index contributed by atoms with van der Waals surface area (Å²) in [5.74, 6) is -0.0311. The number of aryl methyl sites for hydroxylation is 1. The molecule has 1 saturated carbocycles. The van der Waals surface area contributed by atoms with Crippen LogP contribution in [0.4, 0.5) is 5.69 Å². The van der Waals surface area contributed by atoms with Crippen LogP contribution in [0, 0.1) is 11.8 Å².